The largest absolute Gasteiger partial charge is 0.492 e. The number of piperidine rings is 1. The summed E-state index contributed by atoms with van der Waals surface area (Å²) >= 11 is 0. The van der Waals surface area contributed by atoms with Gasteiger partial charge in [-0.05, 0) is 73.1 Å². The second kappa shape index (κ2) is 10.7. The molecule has 1 heterocycles. The molecule has 1 aliphatic carbocycles. The van der Waals surface area contributed by atoms with Gasteiger partial charge in [0.15, 0.2) is 0 Å². The van der Waals surface area contributed by atoms with Crippen LogP contribution >= 0.6 is 0 Å². The highest BCUT2D eigenvalue weighted by Gasteiger charge is 2.41. The molecular weight excluding hydrogens is 415 g/mol. The lowest BCUT2D eigenvalue weighted by Gasteiger charge is -2.36. The molecule has 2 unspecified atom stereocenters. The zero-order valence-corrected chi connectivity index (χ0v) is 20.0. The number of nitrogens with zero attached hydrogens (tertiary/aromatic N) is 1. The zero-order chi connectivity index (χ0) is 23.3. The summed E-state index contributed by atoms with van der Waals surface area (Å²) in [7, 11) is 0. The van der Waals surface area contributed by atoms with Crippen LogP contribution in [0.4, 0.5) is 10.1 Å². The van der Waals surface area contributed by atoms with E-state index in [1.165, 1.54) is 18.6 Å². The fraction of sp³-hybridized carbons (Fsp3) is 0.536. The molecule has 33 heavy (non-hydrogen) atoms. The van der Waals surface area contributed by atoms with Gasteiger partial charge in [-0.1, -0.05) is 45.2 Å². The third-order valence-electron chi connectivity index (χ3n) is 7.27. The van der Waals surface area contributed by atoms with Crippen molar-refractivity contribution in [1.29, 1.82) is 0 Å². The lowest BCUT2D eigenvalue weighted by Crippen LogP contribution is -2.42. The van der Waals surface area contributed by atoms with E-state index in [-0.39, 0.29) is 11.7 Å². The number of carbonyl (C=O) groups excluding carboxylic acids is 1. The normalized spacial score (nSPS) is 23.1. The Morgan fingerprint density at radius 1 is 1.00 bits per heavy atom. The smallest absolute Gasteiger partial charge is 0.235 e. The Bertz CT molecular complexity index is 896. The highest BCUT2D eigenvalue weighted by molar-refractivity contribution is 5.99. The van der Waals surface area contributed by atoms with Crippen LogP contribution in [0, 0.1) is 17.7 Å². The van der Waals surface area contributed by atoms with Gasteiger partial charge in [0, 0.05) is 25.3 Å². The summed E-state index contributed by atoms with van der Waals surface area (Å²) in [6.45, 7) is 8.54. The molecular formula is C28H37FN2O2. The van der Waals surface area contributed by atoms with E-state index in [2.05, 4.69) is 24.1 Å². The highest BCUT2D eigenvalue weighted by atomic mass is 19.1. The molecule has 4 rings (SSSR count). The van der Waals surface area contributed by atoms with Crippen molar-refractivity contribution in [3.63, 3.8) is 0 Å². The van der Waals surface area contributed by atoms with Crippen LogP contribution in [0.25, 0.3) is 0 Å². The molecule has 4 nitrogen and oxygen atoms in total. The molecule has 178 valence electrons. The monoisotopic (exact) mass is 452 g/mol. The van der Waals surface area contributed by atoms with Gasteiger partial charge in [-0.2, -0.15) is 0 Å². The molecule has 2 atom stereocenters. The van der Waals surface area contributed by atoms with E-state index in [9.17, 15) is 9.18 Å². The van der Waals surface area contributed by atoms with Crippen molar-refractivity contribution in [2.24, 2.45) is 11.8 Å². The minimum absolute atomic E-state index is 0.00388. The molecule has 2 fully saturated rings. The van der Waals surface area contributed by atoms with Crippen LogP contribution in [-0.2, 0) is 10.2 Å². The Kier molecular flexibility index (Phi) is 7.69. The van der Waals surface area contributed by atoms with Gasteiger partial charge in [-0.3, -0.25) is 9.69 Å². The summed E-state index contributed by atoms with van der Waals surface area (Å²) in [5, 5.41) is 3.11. The Labute approximate surface area is 197 Å². The summed E-state index contributed by atoms with van der Waals surface area (Å²) in [6.07, 6.45) is 6.04. The lowest BCUT2D eigenvalue weighted by molar-refractivity contribution is -0.122. The number of benzene rings is 2. The van der Waals surface area contributed by atoms with Crippen molar-refractivity contribution < 1.29 is 13.9 Å². The molecule has 5 heteroatoms. The van der Waals surface area contributed by atoms with Gasteiger partial charge in [-0.25, -0.2) is 4.39 Å². The number of amides is 1. The number of ether oxygens (including phenoxy) is 1. The molecule has 2 aromatic rings. The lowest BCUT2D eigenvalue weighted by atomic mass is 9.68. The van der Waals surface area contributed by atoms with Gasteiger partial charge in [0.1, 0.15) is 18.2 Å². The SMILES string of the molecule is CC1CC(C)CN(CCOc2ccc(NC(=O)C3(c4ccc(F)cc4)CCCCC3)cc2)C1. The minimum atomic E-state index is -0.593. The standard InChI is InChI=1S/C28H37FN2O2/c1-21-18-22(2)20-31(19-21)16-17-33-26-12-10-25(11-13-26)30-27(32)28(14-4-3-5-15-28)23-6-8-24(29)9-7-23/h6-13,21-22H,3-5,14-20H2,1-2H3,(H,30,32). The second-order valence-electron chi connectivity index (χ2n) is 10.2. The predicted octanol–water partition coefficient (Wildman–Crippen LogP) is 6.02. The van der Waals surface area contributed by atoms with E-state index in [4.69, 9.17) is 4.74 Å². The number of carbonyl (C=O) groups is 1. The van der Waals surface area contributed by atoms with E-state index in [1.807, 2.05) is 24.3 Å². The van der Waals surface area contributed by atoms with Crippen molar-refractivity contribution in [2.45, 2.75) is 57.8 Å². The van der Waals surface area contributed by atoms with Gasteiger partial charge in [0.25, 0.3) is 0 Å². The van der Waals surface area contributed by atoms with E-state index < -0.39 is 5.41 Å². The number of anilines is 1. The Morgan fingerprint density at radius 3 is 2.27 bits per heavy atom. The maximum absolute atomic E-state index is 13.5. The zero-order valence-electron chi connectivity index (χ0n) is 20.0. The Morgan fingerprint density at radius 2 is 1.64 bits per heavy atom. The first kappa shape index (κ1) is 23.7. The van der Waals surface area contributed by atoms with Crippen LogP contribution < -0.4 is 10.1 Å². The van der Waals surface area contributed by atoms with Crippen LogP contribution in [0.2, 0.25) is 0 Å². The summed E-state index contributed by atoms with van der Waals surface area (Å²) in [5.74, 6) is 2.04. The molecule has 0 aromatic heterocycles. The summed E-state index contributed by atoms with van der Waals surface area (Å²) in [5.41, 5.74) is 1.07. The molecule has 0 radical (unpaired) electrons. The van der Waals surface area contributed by atoms with Crippen molar-refractivity contribution in [3.8, 4) is 5.75 Å². The molecule has 1 amide bonds. The van der Waals surface area contributed by atoms with E-state index >= 15 is 0 Å². The van der Waals surface area contributed by atoms with Gasteiger partial charge < -0.3 is 10.1 Å². The van der Waals surface area contributed by atoms with Gasteiger partial charge in [0.05, 0.1) is 5.41 Å². The van der Waals surface area contributed by atoms with Crippen LogP contribution in [-0.4, -0.2) is 37.0 Å². The van der Waals surface area contributed by atoms with Crippen LogP contribution in [0.3, 0.4) is 0 Å². The van der Waals surface area contributed by atoms with Gasteiger partial charge >= 0.3 is 0 Å². The maximum atomic E-state index is 13.5. The topological polar surface area (TPSA) is 41.6 Å². The van der Waals surface area contributed by atoms with Gasteiger partial charge in [-0.15, -0.1) is 0 Å². The third-order valence-corrected chi connectivity index (χ3v) is 7.27. The van der Waals surface area contributed by atoms with E-state index in [0.29, 0.717) is 6.61 Å². The number of likely N-dealkylation sites (tertiary alicyclic amines) is 1. The molecule has 1 saturated heterocycles. The molecule has 0 spiro atoms. The molecule has 2 aliphatic rings. The Hall–Kier alpha value is -2.40. The van der Waals surface area contributed by atoms with Crippen molar-refractivity contribution >= 4 is 11.6 Å². The first-order valence-corrected chi connectivity index (χ1v) is 12.5. The molecule has 1 aliphatic heterocycles. The second-order valence-corrected chi connectivity index (χ2v) is 10.2. The number of hydrogen-bond donors (Lipinski definition) is 1. The fourth-order valence-corrected chi connectivity index (χ4v) is 5.72. The average Bonchev–Trinajstić information content (AvgIpc) is 2.80. The van der Waals surface area contributed by atoms with Crippen LogP contribution in [0.1, 0.15) is 57.9 Å². The maximum Gasteiger partial charge on any atom is 0.235 e. The average molecular weight is 453 g/mol. The number of hydrogen-bond acceptors (Lipinski definition) is 3. The van der Waals surface area contributed by atoms with Crippen LogP contribution in [0.5, 0.6) is 5.75 Å². The summed E-state index contributed by atoms with van der Waals surface area (Å²) in [4.78, 5) is 15.9. The number of rotatable bonds is 7. The first-order chi connectivity index (χ1) is 15.9. The van der Waals surface area contributed by atoms with Crippen molar-refractivity contribution in [3.05, 3.63) is 59.9 Å². The first-order valence-electron chi connectivity index (χ1n) is 12.5. The van der Waals surface area contributed by atoms with E-state index in [0.717, 1.165) is 80.6 Å². The predicted molar refractivity (Wildman–Crippen MR) is 131 cm³/mol. The highest BCUT2D eigenvalue weighted by Crippen LogP contribution is 2.40. The summed E-state index contributed by atoms with van der Waals surface area (Å²) in [6, 6.07) is 14.1. The van der Waals surface area contributed by atoms with Gasteiger partial charge in [0.2, 0.25) is 5.91 Å². The number of halogens is 1. The molecule has 2 aromatic carbocycles. The molecule has 0 bridgehead atoms. The molecule has 1 saturated carbocycles. The fourth-order valence-electron chi connectivity index (χ4n) is 5.72. The van der Waals surface area contributed by atoms with Crippen molar-refractivity contribution in [1.82, 2.24) is 4.90 Å². The van der Waals surface area contributed by atoms with Crippen LogP contribution in [0.15, 0.2) is 48.5 Å². The van der Waals surface area contributed by atoms with E-state index in [1.54, 1.807) is 12.1 Å². The Balaban J connectivity index is 1.34. The third kappa shape index (κ3) is 5.94. The summed E-state index contributed by atoms with van der Waals surface area (Å²) < 4.78 is 19.4. The van der Waals surface area contributed by atoms with Crippen molar-refractivity contribution in [2.75, 3.05) is 31.6 Å². The minimum Gasteiger partial charge on any atom is -0.492 e. The number of nitrogens with one attached hydrogen (secondary N) is 1. The quantitative estimate of drug-likeness (QED) is 0.558. The molecule has 1 N–H and O–H groups in total.